The summed E-state index contributed by atoms with van der Waals surface area (Å²) in [6.07, 6.45) is 1.73. The molecular weight excluding hydrogens is 302 g/mol. The molecule has 1 amide bonds. The number of rotatable bonds is 4. The Morgan fingerprint density at radius 3 is 2.57 bits per heavy atom. The normalized spacial score (nSPS) is 18.8. The SMILES string of the molecule is O=Cc1cn2c(c(O)c1=O)C(=O)N(CCN1CCOCC1)CC2. The summed E-state index contributed by atoms with van der Waals surface area (Å²) in [4.78, 5) is 39.1. The zero-order valence-corrected chi connectivity index (χ0v) is 12.7. The number of hydrogen-bond acceptors (Lipinski definition) is 6. The average molecular weight is 321 g/mol. The van der Waals surface area contributed by atoms with Crippen molar-refractivity contribution < 1.29 is 19.4 Å². The Balaban J connectivity index is 1.76. The minimum atomic E-state index is -0.797. The van der Waals surface area contributed by atoms with E-state index in [1.54, 1.807) is 4.90 Å². The third-order valence-electron chi connectivity index (χ3n) is 4.30. The topological polar surface area (TPSA) is 92.1 Å². The van der Waals surface area contributed by atoms with Crippen molar-refractivity contribution in [1.82, 2.24) is 14.4 Å². The first-order valence-electron chi connectivity index (χ1n) is 7.63. The lowest BCUT2D eigenvalue weighted by Crippen LogP contribution is -2.47. The minimum Gasteiger partial charge on any atom is -0.503 e. The lowest BCUT2D eigenvalue weighted by molar-refractivity contribution is 0.0313. The molecule has 0 unspecified atom stereocenters. The first kappa shape index (κ1) is 15.7. The van der Waals surface area contributed by atoms with Gasteiger partial charge in [-0.05, 0) is 0 Å². The van der Waals surface area contributed by atoms with Gasteiger partial charge in [-0.15, -0.1) is 0 Å². The first-order chi connectivity index (χ1) is 11.1. The van der Waals surface area contributed by atoms with Crippen molar-refractivity contribution in [3.05, 3.63) is 27.7 Å². The molecule has 1 aromatic rings. The van der Waals surface area contributed by atoms with Crippen molar-refractivity contribution in [3.8, 4) is 5.75 Å². The van der Waals surface area contributed by atoms with Crippen molar-refractivity contribution in [2.45, 2.75) is 6.54 Å². The molecule has 3 rings (SSSR count). The van der Waals surface area contributed by atoms with E-state index >= 15 is 0 Å². The van der Waals surface area contributed by atoms with Crippen LogP contribution in [0.5, 0.6) is 5.75 Å². The van der Waals surface area contributed by atoms with Crippen molar-refractivity contribution in [1.29, 1.82) is 0 Å². The van der Waals surface area contributed by atoms with Gasteiger partial charge >= 0.3 is 0 Å². The number of aromatic hydroxyl groups is 1. The molecule has 0 radical (unpaired) electrons. The fourth-order valence-corrected chi connectivity index (χ4v) is 2.94. The summed E-state index contributed by atoms with van der Waals surface area (Å²) >= 11 is 0. The number of carbonyl (C=O) groups is 2. The van der Waals surface area contributed by atoms with E-state index in [1.807, 2.05) is 0 Å². The summed E-state index contributed by atoms with van der Waals surface area (Å²) in [6.45, 7) is 5.25. The van der Waals surface area contributed by atoms with Gasteiger partial charge in [0.1, 0.15) is 0 Å². The van der Waals surface area contributed by atoms with Gasteiger partial charge in [0.2, 0.25) is 5.43 Å². The Hall–Kier alpha value is -2.19. The molecule has 1 aromatic heterocycles. The number of fused-ring (bicyclic) bond motifs is 1. The van der Waals surface area contributed by atoms with E-state index in [0.717, 1.165) is 19.6 Å². The average Bonchev–Trinajstić information content (AvgIpc) is 2.58. The Labute approximate surface area is 132 Å². The third-order valence-corrected chi connectivity index (χ3v) is 4.30. The number of hydrogen-bond donors (Lipinski definition) is 1. The number of ether oxygens (including phenoxy) is 1. The third kappa shape index (κ3) is 2.99. The summed E-state index contributed by atoms with van der Waals surface area (Å²) in [5.74, 6) is -1.02. The predicted molar refractivity (Wildman–Crippen MR) is 80.9 cm³/mol. The van der Waals surface area contributed by atoms with Gasteiger partial charge in [0, 0.05) is 45.5 Å². The molecule has 0 aliphatic carbocycles. The lowest BCUT2D eigenvalue weighted by Gasteiger charge is -2.33. The van der Waals surface area contributed by atoms with Gasteiger partial charge in [0.25, 0.3) is 5.91 Å². The van der Waals surface area contributed by atoms with E-state index in [-0.39, 0.29) is 17.2 Å². The van der Waals surface area contributed by atoms with E-state index in [9.17, 15) is 19.5 Å². The largest absolute Gasteiger partial charge is 0.503 e. The highest BCUT2D eigenvalue weighted by atomic mass is 16.5. The molecule has 0 bridgehead atoms. The number of carbonyl (C=O) groups excluding carboxylic acids is 2. The highest BCUT2D eigenvalue weighted by Crippen LogP contribution is 2.19. The maximum atomic E-state index is 12.5. The van der Waals surface area contributed by atoms with Gasteiger partial charge in [-0.3, -0.25) is 19.3 Å². The molecule has 2 aliphatic rings. The van der Waals surface area contributed by atoms with E-state index in [4.69, 9.17) is 4.74 Å². The molecule has 124 valence electrons. The van der Waals surface area contributed by atoms with E-state index in [2.05, 4.69) is 4.90 Å². The van der Waals surface area contributed by atoms with Gasteiger partial charge in [0.05, 0.1) is 18.8 Å². The highest BCUT2D eigenvalue weighted by molar-refractivity contribution is 5.96. The first-order valence-corrected chi connectivity index (χ1v) is 7.63. The summed E-state index contributed by atoms with van der Waals surface area (Å²) in [5.41, 5.74) is -0.968. The zero-order valence-electron chi connectivity index (χ0n) is 12.7. The Bertz CT molecular complexity index is 678. The second-order valence-corrected chi connectivity index (χ2v) is 5.67. The number of aromatic nitrogens is 1. The van der Waals surface area contributed by atoms with Crippen LogP contribution in [0.1, 0.15) is 20.8 Å². The van der Waals surface area contributed by atoms with Gasteiger partial charge < -0.3 is 19.3 Å². The lowest BCUT2D eigenvalue weighted by atomic mass is 10.1. The Morgan fingerprint density at radius 1 is 1.13 bits per heavy atom. The van der Waals surface area contributed by atoms with Crippen LogP contribution in [0.25, 0.3) is 0 Å². The Kier molecular flexibility index (Phi) is 4.44. The second-order valence-electron chi connectivity index (χ2n) is 5.67. The molecule has 0 spiro atoms. The van der Waals surface area contributed by atoms with Gasteiger partial charge in [0.15, 0.2) is 17.7 Å². The Morgan fingerprint density at radius 2 is 1.87 bits per heavy atom. The monoisotopic (exact) mass is 321 g/mol. The molecule has 8 nitrogen and oxygen atoms in total. The fourth-order valence-electron chi connectivity index (χ4n) is 2.94. The summed E-state index contributed by atoms with van der Waals surface area (Å²) in [6, 6.07) is 0. The smallest absolute Gasteiger partial charge is 0.274 e. The highest BCUT2D eigenvalue weighted by Gasteiger charge is 2.29. The quantitative estimate of drug-likeness (QED) is 0.727. The van der Waals surface area contributed by atoms with Crippen LogP contribution in [0.4, 0.5) is 0 Å². The van der Waals surface area contributed by atoms with E-state index in [0.29, 0.717) is 39.1 Å². The maximum absolute atomic E-state index is 12.5. The fraction of sp³-hybridized carbons (Fsp3) is 0.533. The van der Waals surface area contributed by atoms with Crippen LogP contribution in [0, 0.1) is 0 Å². The maximum Gasteiger partial charge on any atom is 0.274 e. The second kappa shape index (κ2) is 6.51. The molecule has 3 heterocycles. The molecule has 1 saturated heterocycles. The standard InChI is InChI=1S/C15H19N3O5/c19-10-11-9-18-4-3-17(2-1-16-5-7-23-8-6-16)15(22)12(18)14(21)13(11)20/h9-10,21H,1-8H2. The number of amides is 1. The number of aldehydes is 1. The van der Waals surface area contributed by atoms with Gasteiger partial charge in [-0.2, -0.15) is 0 Å². The molecule has 0 saturated carbocycles. The van der Waals surface area contributed by atoms with Gasteiger partial charge in [-0.25, -0.2) is 0 Å². The molecule has 1 N–H and O–H groups in total. The molecule has 23 heavy (non-hydrogen) atoms. The zero-order chi connectivity index (χ0) is 16.4. The molecule has 8 heteroatoms. The molecular formula is C15H19N3O5. The van der Waals surface area contributed by atoms with Crippen molar-refractivity contribution >= 4 is 12.2 Å². The van der Waals surface area contributed by atoms with Crippen LogP contribution in [-0.4, -0.2) is 77.6 Å². The van der Waals surface area contributed by atoms with Crippen LogP contribution in [-0.2, 0) is 11.3 Å². The molecule has 1 fully saturated rings. The van der Waals surface area contributed by atoms with Crippen LogP contribution in [0.15, 0.2) is 11.0 Å². The van der Waals surface area contributed by atoms with Crippen molar-refractivity contribution in [3.63, 3.8) is 0 Å². The van der Waals surface area contributed by atoms with Crippen molar-refractivity contribution in [2.75, 3.05) is 45.9 Å². The number of nitrogens with zero attached hydrogens (tertiary/aromatic N) is 3. The summed E-state index contributed by atoms with van der Waals surface area (Å²) < 4.78 is 6.77. The van der Waals surface area contributed by atoms with Crippen LogP contribution >= 0.6 is 0 Å². The summed E-state index contributed by atoms with van der Waals surface area (Å²) in [5, 5.41) is 9.99. The van der Waals surface area contributed by atoms with E-state index in [1.165, 1.54) is 10.8 Å². The minimum absolute atomic E-state index is 0.0335. The van der Waals surface area contributed by atoms with Crippen LogP contribution < -0.4 is 5.43 Å². The van der Waals surface area contributed by atoms with Crippen LogP contribution in [0.2, 0.25) is 0 Å². The molecule has 0 atom stereocenters. The molecule has 0 aromatic carbocycles. The van der Waals surface area contributed by atoms with Gasteiger partial charge in [-0.1, -0.05) is 0 Å². The van der Waals surface area contributed by atoms with Crippen molar-refractivity contribution in [2.24, 2.45) is 0 Å². The summed E-state index contributed by atoms with van der Waals surface area (Å²) in [7, 11) is 0. The number of pyridine rings is 1. The van der Waals surface area contributed by atoms with E-state index < -0.39 is 11.2 Å². The number of morpholine rings is 1. The predicted octanol–water partition coefficient (Wildman–Crippen LogP) is -0.846. The van der Waals surface area contributed by atoms with Crippen LogP contribution in [0.3, 0.4) is 0 Å². The molecule has 2 aliphatic heterocycles.